The van der Waals surface area contributed by atoms with Crippen LogP contribution in [0.2, 0.25) is 5.02 Å². The van der Waals surface area contributed by atoms with E-state index in [1.807, 2.05) is 0 Å². The average Bonchev–Trinajstić information content (AvgIpc) is 3.09. The number of amides is 1. The summed E-state index contributed by atoms with van der Waals surface area (Å²) in [6.07, 6.45) is 3.01. The van der Waals surface area contributed by atoms with Crippen LogP contribution in [0.25, 0.3) is 0 Å². The van der Waals surface area contributed by atoms with E-state index >= 15 is 0 Å². The van der Waals surface area contributed by atoms with Crippen LogP contribution in [0, 0.1) is 5.82 Å². The first-order valence-corrected chi connectivity index (χ1v) is 8.07. The zero-order chi connectivity index (χ0) is 16.0. The minimum Gasteiger partial charge on any atom is -0.339 e. The highest BCUT2D eigenvalue weighted by Crippen LogP contribution is 2.39. The van der Waals surface area contributed by atoms with E-state index < -0.39 is 5.82 Å². The van der Waals surface area contributed by atoms with Gasteiger partial charge in [-0.1, -0.05) is 16.8 Å². The summed E-state index contributed by atoms with van der Waals surface area (Å²) < 4.78 is 18.9. The molecule has 0 spiro atoms. The standard InChI is InChI=1S/C16H15ClFN3O2/c17-12-4-3-10(7-13(12)18)16(22)21-6-5-11(8-21)15-19-14(20-23-15)9-1-2-9/h3-4,7,9,11H,1-2,5-6,8H2/t11-/m1/s1. The number of nitrogens with zero attached hydrogens (tertiary/aromatic N) is 3. The van der Waals surface area contributed by atoms with Gasteiger partial charge in [0.2, 0.25) is 5.89 Å². The Morgan fingerprint density at radius 1 is 1.30 bits per heavy atom. The number of aromatic nitrogens is 2. The summed E-state index contributed by atoms with van der Waals surface area (Å²) in [5.41, 5.74) is 0.303. The molecule has 4 rings (SSSR count). The van der Waals surface area contributed by atoms with Gasteiger partial charge < -0.3 is 9.42 Å². The molecule has 1 amide bonds. The zero-order valence-corrected chi connectivity index (χ0v) is 13.1. The number of likely N-dealkylation sites (tertiary alicyclic amines) is 1. The van der Waals surface area contributed by atoms with Gasteiger partial charge in [-0.25, -0.2) is 4.39 Å². The molecule has 0 radical (unpaired) electrons. The molecule has 1 atom stereocenters. The fourth-order valence-electron chi connectivity index (χ4n) is 2.88. The van der Waals surface area contributed by atoms with Crippen molar-refractivity contribution >= 4 is 17.5 Å². The van der Waals surface area contributed by atoms with Crippen molar-refractivity contribution in [2.75, 3.05) is 13.1 Å². The van der Waals surface area contributed by atoms with Crippen LogP contribution in [0.4, 0.5) is 4.39 Å². The van der Waals surface area contributed by atoms with Crippen LogP contribution in [0.1, 0.15) is 53.2 Å². The molecule has 2 heterocycles. The molecule has 0 bridgehead atoms. The minimum atomic E-state index is -0.584. The zero-order valence-electron chi connectivity index (χ0n) is 12.3. The highest BCUT2D eigenvalue weighted by atomic mass is 35.5. The minimum absolute atomic E-state index is 0.0133. The maximum Gasteiger partial charge on any atom is 0.253 e. The third-order valence-corrected chi connectivity index (χ3v) is 4.70. The summed E-state index contributed by atoms with van der Waals surface area (Å²) in [7, 11) is 0. The van der Waals surface area contributed by atoms with Gasteiger partial charge in [-0.3, -0.25) is 4.79 Å². The Hall–Kier alpha value is -1.95. The largest absolute Gasteiger partial charge is 0.339 e. The van der Waals surface area contributed by atoms with Crippen LogP contribution in [-0.4, -0.2) is 34.0 Å². The summed E-state index contributed by atoms with van der Waals surface area (Å²) in [6, 6.07) is 4.12. The number of benzene rings is 1. The number of carbonyl (C=O) groups excluding carboxylic acids is 1. The molecule has 5 nitrogen and oxygen atoms in total. The maximum atomic E-state index is 13.5. The van der Waals surface area contributed by atoms with Crippen molar-refractivity contribution in [3.8, 4) is 0 Å². The maximum absolute atomic E-state index is 13.5. The number of halogens is 2. The SMILES string of the molecule is O=C(c1ccc(Cl)c(F)c1)N1CC[C@@H](c2nc(C3CC3)no2)C1. The molecule has 0 unspecified atom stereocenters. The van der Waals surface area contributed by atoms with E-state index in [2.05, 4.69) is 10.1 Å². The van der Waals surface area contributed by atoms with E-state index in [0.717, 1.165) is 25.1 Å². The van der Waals surface area contributed by atoms with Crippen LogP contribution in [0.3, 0.4) is 0 Å². The van der Waals surface area contributed by atoms with E-state index in [-0.39, 0.29) is 16.8 Å². The Bertz CT molecular complexity index is 760. The fourth-order valence-corrected chi connectivity index (χ4v) is 3.00. The lowest BCUT2D eigenvalue weighted by Gasteiger charge is -2.16. The van der Waals surface area contributed by atoms with Crippen molar-refractivity contribution < 1.29 is 13.7 Å². The number of carbonyl (C=O) groups is 1. The Morgan fingerprint density at radius 3 is 2.87 bits per heavy atom. The third kappa shape index (κ3) is 2.83. The molecule has 2 aliphatic rings. The summed E-state index contributed by atoms with van der Waals surface area (Å²) >= 11 is 5.65. The second-order valence-electron chi connectivity index (χ2n) is 6.13. The molecule has 1 aliphatic heterocycles. The van der Waals surface area contributed by atoms with Gasteiger partial charge in [0.25, 0.3) is 5.91 Å². The lowest BCUT2D eigenvalue weighted by molar-refractivity contribution is 0.0789. The summed E-state index contributed by atoms with van der Waals surface area (Å²) in [4.78, 5) is 18.6. The summed E-state index contributed by atoms with van der Waals surface area (Å²) in [5.74, 6) is 1.10. The molecule has 1 aliphatic carbocycles. The molecule has 23 heavy (non-hydrogen) atoms. The van der Waals surface area contributed by atoms with Gasteiger partial charge in [0, 0.05) is 24.6 Å². The van der Waals surface area contributed by atoms with E-state index in [1.165, 1.54) is 12.1 Å². The average molecular weight is 336 g/mol. The van der Waals surface area contributed by atoms with Gasteiger partial charge in [0.1, 0.15) is 5.82 Å². The molecule has 120 valence electrons. The Kier molecular flexibility index (Phi) is 3.56. The molecule has 0 N–H and O–H groups in total. The molecule has 7 heteroatoms. The summed E-state index contributed by atoms with van der Waals surface area (Å²) in [5, 5.41) is 4.03. The molecule has 1 saturated heterocycles. The van der Waals surface area contributed by atoms with Gasteiger partial charge in [0.05, 0.1) is 10.9 Å². The van der Waals surface area contributed by atoms with E-state index in [0.29, 0.717) is 30.5 Å². The van der Waals surface area contributed by atoms with Crippen molar-refractivity contribution in [2.24, 2.45) is 0 Å². The highest BCUT2D eigenvalue weighted by molar-refractivity contribution is 6.30. The lowest BCUT2D eigenvalue weighted by Crippen LogP contribution is -2.28. The van der Waals surface area contributed by atoms with Gasteiger partial charge in [-0.05, 0) is 37.5 Å². The Balaban J connectivity index is 1.46. The molecule has 1 aromatic heterocycles. The molecule has 2 fully saturated rings. The molecule has 1 saturated carbocycles. The first-order valence-electron chi connectivity index (χ1n) is 7.69. The monoisotopic (exact) mass is 335 g/mol. The highest BCUT2D eigenvalue weighted by Gasteiger charge is 2.34. The predicted molar refractivity (Wildman–Crippen MR) is 80.9 cm³/mol. The van der Waals surface area contributed by atoms with Gasteiger partial charge in [0.15, 0.2) is 5.82 Å². The van der Waals surface area contributed by atoms with Crippen molar-refractivity contribution in [3.63, 3.8) is 0 Å². The Morgan fingerprint density at radius 2 is 2.13 bits per heavy atom. The number of rotatable bonds is 3. The third-order valence-electron chi connectivity index (χ3n) is 4.39. The van der Waals surface area contributed by atoms with Crippen molar-refractivity contribution in [3.05, 3.63) is 46.3 Å². The predicted octanol–water partition coefficient (Wildman–Crippen LogP) is 3.37. The smallest absolute Gasteiger partial charge is 0.253 e. The van der Waals surface area contributed by atoms with E-state index in [4.69, 9.17) is 16.1 Å². The number of hydrogen-bond donors (Lipinski definition) is 0. The lowest BCUT2D eigenvalue weighted by atomic mass is 10.1. The Labute approximate surface area is 137 Å². The quantitative estimate of drug-likeness (QED) is 0.863. The van der Waals surface area contributed by atoms with E-state index in [1.54, 1.807) is 11.0 Å². The van der Waals surface area contributed by atoms with Gasteiger partial charge >= 0.3 is 0 Å². The van der Waals surface area contributed by atoms with Crippen molar-refractivity contribution in [1.82, 2.24) is 15.0 Å². The molecule has 1 aromatic carbocycles. The van der Waals surface area contributed by atoms with E-state index in [9.17, 15) is 9.18 Å². The summed E-state index contributed by atoms with van der Waals surface area (Å²) in [6.45, 7) is 1.10. The van der Waals surface area contributed by atoms with Gasteiger partial charge in [-0.15, -0.1) is 0 Å². The van der Waals surface area contributed by atoms with Crippen LogP contribution < -0.4 is 0 Å². The number of hydrogen-bond acceptors (Lipinski definition) is 4. The second kappa shape index (κ2) is 5.60. The van der Waals surface area contributed by atoms with Crippen LogP contribution in [-0.2, 0) is 0 Å². The normalized spacial score (nSPS) is 21.0. The first-order chi connectivity index (χ1) is 11.1. The fraction of sp³-hybridized carbons (Fsp3) is 0.438. The molecule has 2 aromatic rings. The van der Waals surface area contributed by atoms with Crippen molar-refractivity contribution in [1.29, 1.82) is 0 Å². The topological polar surface area (TPSA) is 59.2 Å². The van der Waals surface area contributed by atoms with Crippen molar-refractivity contribution in [2.45, 2.75) is 31.1 Å². The molecular weight excluding hydrogens is 321 g/mol. The van der Waals surface area contributed by atoms with Crippen LogP contribution in [0.5, 0.6) is 0 Å². The molecular formula is C16H15ClFN3O2. The second-order valence-corrected chi connectivity index (χ2v) is 6.54. The van der Waals surface area contributed by atoms with Gasteiger partial charge in [-0.2, -0.15) is 4.98 Å². The first kappa shape index (κ1) is 14.6. The van der Waals surface area contributed by atoms with Crippen LogP contribution >= 0.6 is 11.6 Å². The van der Waals surface area contributed by atoms with Crippen LogP contribution in [0.15, 0.2) is 22.7 Å².